The number of carbonyl (C=O) groups is 1. The number of aliphatic hydroxyl groups is 1. The molecule has 16 heavy (non-hydrogen) atoms. The molecule has 4 heteroatoms. The van der Waals surface area contributed by atoms with Crippen molar-refractivity contribution in [2.45, 2.75) is 56.1 Å². The van der Waals surface area contributed by atoms with Crippen molar-refractivity contribution < 1.29 is 14.6 Å². The molecular formula is C12H21NO3. The number of methoxy groups -OCH3 is 1. The maximum absolute atomic E-state index is 11.9. The number of hydrogen-bond acceptors (Lipinski definition) is 3. The van der Waals surface area contributed by atoms with E-state index in [0.717, 1.165) is 32.1 Å². The van der Waals surface area contributed by atoms with Gasteiger partial charge in [0.05, 0.1) is 5.60 Å². The highest BCUT2D eigenvalue weighted by Gasteiger charge is 2.42. The lowest BCUT2D eigenvalue weighted by molar-refractivity contribution is -0.142. The minimum absolute atomic E-state index is 0.162. The Morgan fingerprint density at radius 3 is 2.31 bits per heavy atom. The maximum Gasteiger partial charge on any atom is 0.252 e. The molecule has 0 bridgehead atoms. The summed E-state index contributed by atoms with van der Waals surface area (Å²) < 4.78 is 5.42. The highest BCUT2D eigenvalue weighted by Crippen LogP contribution is 2.35. The summed E-state index contributed by atoms with van der Waals surface area (Å²) in [6.07, 6.45) is 6.24. The van der Waals surface area contributed by atoms with Crippen LogP contribution in [0.2, 0.25) is 0 Å². The molecule has 0 saturated heterocycles. The fraction of sp³-hybridized carbons (Fsp3) is 0.917. The number of rotatable bonds is 4. The van der Waals surface area contributed by atoms with Crippen molar-refractivity contribution in [3.63, 3.8) is 0 Å². The second kappa shape index (κ2) is 4.34. The van der Waals surface area contributed by atoms with E-state index in [2.05, 4.69) is 5.32 Å². The first-order valence-corrected chi connectivity index (χ1v) is 6.16. The van der Waals surface area contributed by atoms with Gasteiger partial charge in [-0.05, 0) is 44.9 Å². The van der Waals surface area contributed by atoms with E-state index in [9.17, 15) is 9.90 Å². The largest absolute Gasteiger partial charge is 0.380 e. The van der Waals surface area contributed by atoms with Crippen LogP contribution in [0.4, 0.5) is 0 Å². The van der Waals surface area contributed by atoms with Gasteiger partial charge in [0, 0.05) is 13.7 Å². The molecule has 92 valence electrons. The number of ether oxygens (including phenoxy) is 1. The van der Waals surface area contributed by atoms with Crippen molar-refractivity contribution in [2.75, 3.05) is 13.7 Å². The zero-order chi connectivity index (χ0) is 11.6. The van der Waals surface area contributed by atoms with Crippen LogP contribution in [-0.2, 0) is 9.53 Å². The molecule has 0 atom stereocenters. The van der Waals surface area contributed by atoms with Crippen LogP contribution in [0.3, 0.4) is 0 Å². The highest BCUT2D eigenvalue weighted by molar-refractivity contribution is 5.85. The molecule has 2 N–H and O–H groups in total. The van der Waals surface area contributed by atoms with E-state index in [-0.39, 0.29) is 11.5 Å². The second-order valence-corrected chi connectivity index (χ2v) is 5.16. The third-order valence-electron chi connectivity index (χ3n) is 4.12. The average Bonchev–Trinajstić information content (AvgIpc) is 2.65. The zero-order valence-electron chi connectivity index (χ0n) is 9.92. The Labute approximate surface area is 96.4 Å². The van der Waals surface area contributed by atoms with E-state index in [1.807, 2.05) is 0 Å². The Morgan fingerprint density at radius 1 is 1.25 bits per heavy atom. The number of carbonyl (C=O) groups excluding carboxylic acids is 1. The Balaban J connectivity index is 1.83. The smallest absolute Gasteiger partial charge is 0.252 e. The Kier molecular flexibility index (Phi) is 3.22. The SMILES string of the molecule is COC1(CNC(=O)C2(O)CCCC2)CCC1. The molecule has 0 aromatic heterocycles. The molecule has 0 radical (unpaired) electrons. The summed E-state index contributed by atoms with van der Waals surface area (Å²) >= 11 is 0. The van der Waals surface area contributed by atoms with Gasteiger partial charge >= 0.3 is 0 Å². The summed E-state index contributed by atoms with van der Waals surface area (Å²) in [5.41, 5.74) is -1.27. The predicted octanol–water partition coefficient (Wildman–Crippen LogP) is 0.977. The molecule has 2 aliphatic carbocycles. The van der Waals surface area contributed by atoms with Crippen LogP contribution in [0.25, 0.3) is 0 Å². The number of amides is 1. The van der Waals surface area contributed by atoms with Gasteiger partial charge in [-0.3, -0.25) is 4.79 Å². The fourth-order valence-electron chi connectivity index (χ4n) is 2.62. The first-order valence-electron chi connectivity index (χ1n) is 6.16. The van der Waals surface area contributed by atoms with Gasteiger partial charge in [0.25, 0.3) is 5.91 Å². The molecule has 0 aliphatic heterocycles. The molecule has 2 saturated carbocycles. The van der Waals surface area contributed by atoms with E-state index in [4.69, 9.17) is 4.74 Å². The van der Waals surface area contributed by atoms with Gasteiger partial charge in [0.15, 0.2) is 0 Å². The van der Waals surface area contributed by atoms with Gasteiger partial charge in [-0.2, -0.15) is 0 Å². The topological polar surface area (TPSA) is 58.6 Å². The molecular weight excluding hydrogens is 206 g/mol. The van der Waals surface area contributed by atoms with Crippen molar-refractivity contribution in [2.24, 2.45) is 0 Å². The molecule has 4 nitrogen and oxygen atoms in total. The molecule has 2 aliphatic rings. The van der Waals surface area contributed by atoms with Crippen LogP contribution in [0, 0.1) is 0 Å². The Hall–Kier alpha value is -0.610. The Bertz CT molecular complexity index is 262. The van der Waals surface area contributed by atoms with Gasteiger partial charge in [0.2, 0.25) is 0 Å². The lowest BCUT2D eigenvalue weighted by Crippen LogP contribution is -2.53. The van der Waals surface area contributed by atoms with Gasteiger partial charge < -0.3 is 15.2 Å². The molecule has 0 heterocycles. The molecule has 0 spiro atoms. The summed E-state index contributed by atoms with van der Waals surface area (Å²) in [7, 11) is 1.69. The fourth-order valence-corrected chi connectivity index (χ4v) is 2.62. The summed E-state index contributed by atoms with van der Waals surface area (Å²) in [5.74, 6) is -0.215. The Morgan fingerprint density at radius 2 is 1.88 bits per heavy atom. The second-order valence-electron chi connectivity index (χ2n) is 5.16. The van der Waals surface area contributed by atoms with Gasteiger partial charge in [-0.25, -0.2) is 0 Å². The molecule has 2 rings (SSSR count). The molecule has 0 aromatic rings. The maximum atomic E-state index is 11.9. The monoisotopic (exact) mass is 227 g/mol. The van der Waals surface area contributed by atoms with E-state index in [0.29, 0.717) is 19.4 Å². The summed E-state index contributed by atoms with van der Waals surface area (Å²) in [4.78, 5) is 11.9. The first kappa shape index (κ1) is 11.9. The minimum atomic E-state index is -1.11. The molecule has 1 amide bonds. The van der Waals surface area contributed by atoms with Gasteiger partial charge in [-0.1, -0.05) is 0 Å². The van der Waals surface area contributed by atoms with Crippen molar-refractivity contribution >= 4 is 5.91 Å². The van der Waals surface area contributed by atoms with Crippen molar-refractivity contribution in [1.82, 2.24) is 5.32 Å². The van der Waals surface area contributed by atoms with Crippen LogP contribution in [-0.4, -0.2) is 35.9 Å². The number of hydrogen-bond donors (Lipinski definition) is 2. The predicted molar refractivity (Wildman–Crippen MR) is 60.0 cm³/mol. The van der Waals surface area contributed by atoms with Crippen LogP contribution < -0.4 is 5.32 Å². The first-order chi connectivity index (χ1) is 7.60. The minimum Gasteiger partial charge on any atom is -0.380 e. The van der Waals surface area contributed by atoms with Crippen LogP contribution >= 0.6 is 0 Å². The lowest BCUT2D eigenvalue weighted by atomic mass is 9.80. The third kappa shape index (κ3) is 2.09. The van der Waals surface area contributed by atoms with Crippen molar-refractivity contribution in [3.05, 3.63) is 0 Å². The van der Waals surface area contributed by atoms with E-state index >= 15 is 0 Å². The van der Waals surface area contributed by atoms with Crippen LogP contribution in [0.1, 0.15) is 44.9 Å². The standard InChI is InChI=1S/C12H21NO3/c1-16-11(5-4-6-11)9-13-10(14)12(15)7-2-3-8-12/h15H,2-9H2,1H3,(H,13,14). The number of nitrogens with one attached hydrogen (secondary N) is 1. The third-order valence-corrected chi connectivity index (χ3v) is 4.12. The quantitative estimate of drug-likeness (QED) is 0.752. The highest BCUT2D eigenvalue weighted by atomic mass is 16.5. The van der Waals surface area contributed by atoms with Gasteiger partial charge in [0.1, 0.15) is 5.60 Å². The summed E-state index contributed by atoms with van der Waals surface area (Å²) in [6, 6.07) is 0. The van der Waals surface area contributed by atoms with Crippen LogP contribution in [0.15, 0.2) is 0 Å². The zero-order valence-corrected chi connectivity index (χ0v) is 9.92. The average molecular weight is 227 g/mol. The van der Waals surface area contributed by atoms with Crippen molar-refractivity contribution in [1.29, 1.82) is 0 Å². The van der Waals surface area contributed by atoms with Gasteiger partial charge in [-0.15, -0.1) is 0 Å². The normalized spacial score (nSPS) is 26.1. The molecule has 0 aromatic carbocycles. The molecule has 2 fully saturated rings. The summed E-state index contributed by atoms with van der Waals surface area (Å²) in [5, 5.41) is 12.9. The summed E-state index contributed by atoms with van der Waals surface area (Å²) in [6.45, 7) is 0.532. The van der Waals surface area contributed by atoms with E-state index in [1.165, 1.54) is 0 Å². The van der Waals surface area contributed by atoms with Crippen LogP contribution in [0.5, 0.6) is 0 Å². The van der Waals surface area contributed by atoms with E-state index < -0.39 is 5.60 Å². The van der Waals surface area contributed by atoms with Crippen molar-refractivity contribution in [3.8, 4) is 0 Å². The lowest BCUT2D eigenvalue weighted by Gasteiger charge is -2.41. The molecule has 0 unspecified atom stereocenters. The van der Waals surface area contributed by atoms with E-state index in [1.54, 1.807) is 7.11 Å².